The Morgan fingerprint density at radius 2 is 1.39 bits per heavy atom. The molecule has 36 heavy (non-hydrogen) atoms. The fraction of sp³-hybridized carbons (Fsp3) is 0.185. The van der Waals surface area contributed by atoms with Gasteiger partial charge < -0.3 is 5.32 Å². The van der Waals surface area contributed by atoms with Crippen LogP contribution >= 0.6 is 0 Å². The van der Waals surface area contributed by atoms with Crippen molar-refractivity contribution in [2.45, 2.75) is 33.1 Å². The molecule has 4 rings (SSSR count). The predicted octanol–water partition coefficient (Wildman–Crippen LogP) is 4.37. The van der Waals surface area contributed by atoms with Crippen LogP contribution in [0.5, 0.6) is 0 Å². The summed E-state index contributed by atoms with van der Waals surface area (Å²) in [4.78, 5) is 25.1. The largest absolute Gasteiger partial charge is 0.322 e. The van der Waals surface area contributed by atoms with Gasteiger partial charge in [0.05, 0.1) is 11.4 Å². The third-order valence-corrected chi connectivity index (χ3v) is 5.64. The molecule has 0 fully saturated rings. The van der Waals surface area contributed by atoms with Gasteiger partial charge in [-0.05, 0) is 82.4 Å². The second kappa shape index (κ2) is 10.3. The Labute approximate surface area is 209 Å². The van der Waals surface area contributed by atoms with Gasteiger partial charge in [-0.3, -0.25) is 9.59 Å². The van der Waals surface area contributed by atoms with E-state index >= 15 is 0 Å². The van der Waals surface area contributed by atoms with Gasteiger partial charge in [0.1, 0.15) is 6.33 Å². The molecule has 0 aliphatic heterocycles. The van der Waals surface area contributed by atoms with E-state index in [0.717, 1.165) is 16.8 Å². The number of nitrogens with one attached hydrogen (secondary N) is 2. The van der Waals surface area contributed by atoms with Crippen molar-refractivity contribution in [1.82, 2.24) is 25.6 Å². The van der Waals surface area contributed by atoms with Crippen LogP contribution in [0.3, 0.4) is 0 Å². The molecular formula is C27H27N7O2. The van der Waals surface area contributed by atoms with Crippen LogP contribution in [-0.4, -0.2) is 37.7 Å². The Hall–Kier alpha value is -4.66. The lowest BCUT2D eigenvalue weighted by molar-refractivity contribution is 0.0954. The molecule has 0 bridgehead atoms. The monoisotopic (exact) mass is 481 g/mol. The van der Waals surface area contributed by atoms with E-state index in [-0.39, 0.29) is 17.2 Å². The van der Waals surface area contributed by atoms with Crippen LogP contribution in [0.25, 0.3) is 5.69 Å². The van der Waals surface area contributed by atoms with Gasteiger partial charge in [-0.25, -0.2) is 10.1 Å². The smallest absolute Gasteiger partial charge is 0.271 e. The fourth-order valence-electron chi connectivity index (χ4n) is 3.43. The van der Waals surface area contributed by atoms with Crippen LogP contribution in [0.2, 0.25) is 0 Å². The van der Waals surface area contributed by atoms with Crippen molar-refractivity contribution in [3.05, 3.63) is 101 Å². The zero-order chi connectivity index (χ0) is 25.7. The molecule has 0 aliphatic rings. The molecule has 182 valence electrons. The first kappa shape index (κ1) is 24.5. The number of hydrazone groups is 1. The Balaban J connectivity index is 1.34. The number of aromatic nitrogens is 4. The molecule has 0 saturated heterocycles. The first-order chi connectivity index (χ1) is 17.2. The van der Waals surface area contributed by atoms with Crippen molar-refractivity contribution < 1.29 is 9.59 Å². The van der Waals surface area contributed by atoms with Gasteiger partial charge in [0.15, 0.2) is 0 Å². The molecule has 0 radical (unpaired) electrons. The number of hydrogen-bond acceptors (Lipinski definition) is 6. The minimum atomic E-state index is -0.352. The standard InChI is InChI=1S/C27H27N7O2/c1-18(19-9-15-24(16-10-19)34-17-28-32-33-34)30-31-26(36)21-7-13-23(14-8-21)29-25(35)20-5-11-22(12-6-20)27(2,3)4/h5-17H,1-4H3,(H,29,35)(H,31,36). The lowest BCUT2D eigenvalue weighted by Gasteiger charge is -2.19. The summed E-state index contributed by atoms with van der Waals surface area (Å²) in [6.45, 7) is 8.19. The summed E-state index contributed by atoms with van der Waals surface area (Å²) in [6.07, 6.45) is 1.51. The number of rotatable bonds is 6. The number of nitrogens with zero attached hydrogens (tertiary/aromatic N) is 5. The molecule has 2 N–H and O–H groups in total. The molecule has 0 aliphatic carbocycles. The van der Waals surface area contributed by atoms with Gasteiger partial charge in [0, 0.05) is 16.8 Å². The Bertz CT molecular complexity index is 1370. The van der Waals surface area contributed by atoms with Gasteiger partial charge in [-0.1, -0.05) is 45.0 Å². The van der Waals surface area contributed by atoms with E-state index in [1.165, 1.54) is 6.33 Å². The fourth-order valence-corrected chi connectivity index (χ4v) is 3.43. The second-order valence-electron chi connectivity index (χ2n) is 9.30. The van der Waals surface area contributed by atoms with Crippen molar-refractivity contribution in [2.75, 3.05) is 5.32 Å². The second-order valence-corrected chi connectivity index (χ2v) is 9.30. The van der Waals surface area contributed by atoms with Crippen molar-refractivity contribution in [3.8, 4) is 5.69 Å². The van der Waals surface area contributed by atoms with E-state index in [2.05, 4.69) is 52.1 Å². The van der Waals surface area contributed by atoms with Crippen LogP contribution in [0.1, 0.15) is 59.5 Å². The van der Waals surface area contributed by atoms with Gasteiger partial charge in [-0.2, -0.15) is 5.10 Å². The highest BCUT2D eigenvalue weighted by atomic mass is 16.2. The summed E-state index contributed by atoms with van der Waals surface area (Å²) >= 11 is 0. The molecule has 1 aromatic heterocycles. The van der Waals surface area contributed by atoms with Crippen molar-refractivity contribution in [1.29, 1.82) is 0 Å². The van der Waals surface area contributed by atoms with Gasteiger partial charge in [-0.15, -0.1) is 5.10 Å². The summed E-state index contributed by atoms with van der Waals surface area (Å²) in [7, 11) is 0. The van der Waals surface area contributed by atoms with Gasteiger partial charge in [0.2, 0.25) is 0 Å². The number of amides is 2. The summed E-state index contributed by atoms with van der Waals surface area (Å²) in [5.74, 6) is -0.561. The average molecular weight is 482 g/mol. The molecule has 0 atom stereocenters. The van der Waals surface area contributed by atoms with E-state index < -0.39 is 0 Å². The molecule has 9 heteroatoms. The first-order valence-electron chi connectivity index (χ1n) is 11.4. The van der Waals surface area contributed by atoms with E-state index in [4.69, 9.17) is 0 Å². The summed E-state index contributed by atoms with van der Waals surface area (Å²) in [5, 5.41) is 18.1. The van der Waals surface area contributed by atoms with E-state index in [9.17, 15) is 9.59 Å². The predicted molar refractivity (Wildman–Crippen MR) is 138 cm³/mol. The van der Waals surface area contributed by atoms with Crippen LogP contribution in [0, 0.1) is 0 Å². The highest BCUT2D eigenvalue weighted by Crippen LogP contribution is 2.22. The van der Waals surface area contributed by atoms with Crippen molar-refractivity contribution in [3.63, 3.8) is 0 Å². The van der Waals surface area contributed by atoms with Crippen LogP contribution in [0.4, 0.5) is 5.69 Å². The number of tetrazole rings is 1. The molecule has 0 unspecified atom stereocenters. The van der Waals surface area contributed by atoms with Crippen LogP contribution < -0.4 is 10.7 Å². The number of hydrogen-bond donors (Lipinski definition) is 2. The minimum Gasteiger partial charge on any atom is -0.322 e. The lowest BCUT2D eigenvalue weighted by atomic mass is 9.87. The first-order valence-corrected chi connectivity index (χ1v) is 11.4. The quantitative estimate of drug-likeness (QED) is 0.314. The SMILES string of the molecule is CC(=NNC(=O)c1ccc(NC(=O)c2ccc(C(C)(C)C)cc2)cc1)c1ccc(-n2cnnn2)cc1. The maximum absolute atomic E-state index is 12.6. The van der Waals surface area contributed by atoms with Gasteiger partial charge in [0.25, 0.3) is 11.8 Å². The third-order valence-electron chi connectivity index (χ3n) is 5.64. The lowest BCUT2D eigenvalue weighted by Crippen LogP contribution is -2.19. The summed E-state index contributed by atoms with van der Waals surface area (Å²) in [6, 6.07) is 21.7. The number of carbonyl (C=O) groups excluding carboxylic acids is 2. The van der Waals surface area contributed by atoms with E-state index in [1.807, 2.05) is 48.5 Å². The summed E-state index contributed by atoms with van der Waals surface area (Å²) < 4.78 is 1.55. The molecule has 0 spiro atoms. The number of benzene rings is 3. The number of carbonyl (C=O) groups is 2. The number of anilines is 1. The van der Waals surface area contributed by atoms with Crippen LogP contribution in [-0.2, 0) is 5.41 Å². The molecule has 9 nitrogen and oxygen atoms in total. The minimum absolute atomic E-state index is 0.0229. The molecule has 3 aromatic carbocycles. The van der Waals surface area contributed by atoms with E-state index in [1.54, 1.807) is 35.9 Å². The Morgan fingerprint density at radius 1 is 0.806 bits per heavy atom. The summed E-state index contributed by atoms with van der Waals surface area (Å²) in [5.41, 5.74) is 7.65. The molecule has 0 saturated carbocycles. The molecule has 2 amide bonds. The Kier molecular flexibility index (Phi) is 7.00. The van der Waals surface area contributed by atoms with Crippen molar-refractivity contribution in [2.24, 2.45) is 5.10 Å². The molecule has 1 heterocycles. The highest BCUT2D eigenvalue weighted by molar-refractivity contribution is 6.05. The molecule has 4 aromatic rings. The maximum Gasteiger partial charge on any atom is 0.271 e. The zero-order valence-electron chi connectivity index (χ0n) is 20.6. The molecular weight excluding hydrogens is 454 g/mol. The van der Waals surface area contributed by atoms with Gasteiger partial charge >= 0.3 is 0 Å². The Morgan fingerprint density at radius 3 is 1.97 bits per heavy atom. The topological polar surface area (TPSA) is 114 Å². The zero-order valence-corrected chi connectivity index (χ0v) is 20.6. The maximum atomic E-state index is 12.6. The normalized spacial score (nSPS) is 11.7. The average Bonchev–Trinajstić information content (AvgIpc) is 3.42. The van der Waals surface area contributed by atoms with Crippen molar-refractivity contribution >= 4 is 23.2 Å². The van der Waals surface area contributed by atoms with Crippen LogP contribution in [0.15, 0.2) is 84.2 Å². The van der Waals surface area contributed by atoms with E-state index in [0.29, 0.717) is 22.5 Å². The third kappa shape index (κ3) is 5.87. The highest BCUT2D eigenvalue weighted by Gasteiger charge is 2.14.